The molecule has 0 N–H and O–H groups in total. The maximum absolute atomic E-state index is 13.7. The van der Waals surface area contributed by atoms with Gasteiger partial charge in [-0.3, -0.25) is 0 Å². The Bertz CT molecular complexity index is 366. The molecule has 2 heteroatoms. The molecule has 0 amide bonds. The normalized spacial score (nSPS) is 29.6. The van der Waals surface area contributed by atoms with Gasteiger partial charge in [0.2, 0.25) is 0 Å². The van der Waals surface area contributed by atoms with E-state index in [1.165, 1.54) is 6.07 Å². The zero-order chi connectivity index (χ0) is 11.2. The highest BCUT2D eigenvalue weighted by molar-refractivity contribution is 6.31. The molecule has 0 aliphatic heterocycles. The van der Waals surface area contributed by atoms with Gasteiger partial charge >= 0.3 is 0 Å². The number of hydrogen-bond donors (Lipinski definition) is 0. The molecule has 2 atom stereocenters. The Hall–Kier alpha value is -0.560. The van der Waals surface area contributed by atoms with Crippen LogP contribution in [-0.4, -0.2) is 0 Å². The lowest BCUT2D eigenvalue weighted by Gasteiger charge is -2.16. The summed E-state index contributed by atoms with van der Waals surface area (Å²) in [6, 6.07) is 4.94. The van der Waals surface area contributed by atoms with Gasteiger partial charge in [0.1, 0.15) is 5.82 Å². The molecule has 2 rings (SSSR count). The summed E-state index contributed by atoms with van der Waals surface area (Å²) in [6.07, 6.45) is 1.05. The lowest BCUT2D eigenvalue weighted by Crippen LogP contribution is -2.11. The van der Waals surface area contributed by atoms with E-state index in [0.717, 1.165) is 6.42 Å². The van der Waals surface area contributed by atoms with Crippen molar-refractivity contribution in [3.8, 4) is 0 Å². The molecule has 0 saturated heterocycles. The summed E-state index contributed by atoms with van der Waals surface area (Å²) in [4.78, 5) is 0. The van der Waals surface area contributed by atoms with Gasteiger partial charge in [0.15, 0.2) is 0 Å². The largest absolute Gasteiger partial charge is 0.207 e. The first-order chi connectivity index (χ1) is 6.97. The van der Waals surface area contributed by atoms with Gasteiger partial charge in [-0.05, 0) is 30.4 Å². The molecule has 0 radical (unpaired) electrons. The van der Waals surface area contributed by atoms with Crippen LogP contribution in [0.25, 0.3) is 0 Å². The van der Waals surface area contributed by atoms with Crippen molar-refractivity contribution in [1.29, 1.82) is 0 Å². The molecule has 1 saturated carbocycles. The maximum Gasteiger partial charge on any atom is 0.128 e. The number of halogens is 2. The minimum atomic E-state index is -0.159. The Morgan fingerprint density at radius 3 is 2.60 bits per heavy atom. The van der Waals surface area contributed by atoms with Crippen molar-refractivity contribution in [2.24, 2.45) is 11.8 Å². The number of rotatable bonds is 2. The monoisotopic (exact) mass is 226 g/mol. The Balaban J connectivity index is 2.40. The van der Waals surface area contributed by atoms with E-state index in [1.807, 2.05) is 0 Å². The summed E-state index contributed by atoms with van der Waals surface area (Å²) >= 11 is 6.08. The standard InChI is InChI=1S/C13H16ClF/c1-8(2)9-7-13(9,3)12-10(14)5-4-6-11(12)15/h4-6,8-9H,7H2,1-3H3/t9-,13+/m1/s1. The van der Waals surface area contributed by atoms with Gasteiger partial charge in [0.05, 0.1) is 0 Å². The number of hydrogen-bond acceptors (Lipinski definition) is 0. The van der Waals surface area contributed by atoms with Crippen molar-refractivity contribution in [1.82, 2.24) is 0 Å². The second-order valence-electron chi connectivity index (χ2n) is 5.07. The van der Waals surface area contributed by atoms with Crippen molar-refractivity contribution in [2.45, 2.75) is 32.6 Å². The Kier molecular flexibility index (Phi) is 2.54. The van der Waals surface area contributed by atoms with Crippen LogP contribution in [0.5, 0.6) is 0 Å². The summed E-state index contributed by atoms with van der Waals surface area (Å²) in [6.45, 7) is 6.48. The molecule has 0 aromatic heterocycles. The van der Waals surface area contributed by atoms with E-state index in [9.17, 15) is 4.39 Å². The van der Waals surface area contributed by atoms with Crippen molar-refractivity contribution >= 4 is 11.6 Å². The minimum Gasteiger partial charge on any atom is -0.207 e. The number of benzene rings is 1. The first-order valence-corrected chi connectivity index (χ1v) is 5.79. The van der Waals surface area contributed by atoms with E-state index in [-0.39, 0.29) is 11.2 Å². The van der Waals surface area contributed by atoms with Gasteiger partial charge < -0.3 is 0 Å². The summed E-state index contributed by atoms with van der Waals surface area (Å²) in [5, 5.41) is 0.570. The molecule has 15 heavy (non-hydrogen) atoms. The quantitative estimate of drug-likeness (QED) is 0.701. The van der Waals surface area contributed by atoms with Gasteiger partial charge in [0, 0.05) is 16.0 Å². The smallest absolute Gasteiger partial charge is 0.128 e. The highest BCUT2D eigenvalue weighted by atomic mass is 35.5. The molecule has 82 valence electrons. The summed E-state index contributed by atoms with van der Waals surface area (Å²) in [5.41, 5.74) is 0.668. The molecule has 0 heterocycles. The fourth-order valence-corrected chi connectivity index (χ4v) is 3.08. The van der Waals surface area contributed by atoms with Crippen LogP contribution in [0.1, 0.15) is 32.8 Å². The molecule has 1 aliphatic carbocycles. The fourth-order valence-electron chi connectivity index (χ4n) is 2.70. The van der Waals surface area contributed by atoms with Crippen molar-refractivity contribution in [2.75, 3.05) is 0 Å². The lowest BCUT2D eigenvalue weighted by atomic mass is 9.91. The predicted octanol–water partition coefficient (Wildman–Crippen LogP) is 4.41. The summed E-state index contributed by atoms with van der Waals surface area (Å²) < 4.78 is 13.7. The first-order valence-electron chi connectivity index (χ1n) is 5.41. The van der Waals surface area contributed by atoms with Crippen LogP contribution < -0.4 is 0 Å². The van der Waals surface area contributed by atoms with Crippen LogP contribution in [0.3, 0.4) is 0 Å². The van der Waals surface area contributed by atoms with Gasteiger partial charge in [-0.15, -0.1) is 0 Å². The van der Waals surface area contributed by atoms with Crippen LogP contribution in [0.15, 0.2) is 18.2 Å². The molecule has 0 unspecified atom stereocenters. The average molecular weight is 227 g/mol. The van der Waals surface area contributed by atoms with Crippen molar-refractivity contribution in [3.63, 3.8) is 0 Å². The van der Waals surface area contributed by atoms with E-state index >= 15 is 0 Å². The fraction of sp³-hybridized carbons (Fsp3) is 0.538. The lowest BCUT2D eigenvalue weighted by molar-refractivity contribution is 0.483. The molecule has 1 aliphatic rings. The second kappa shape index (κ2) is 3.48. The highest BCUT2D eigenvalue weighted by Crippen LogP contribution is 2.59. The Labute approximate surface area is 95.4 Å². The highest BCUT2D eigenvalue weighted by Gasteiger charge is 2.54. The molecular weight excluding hydrogens is 211 g/mol. The van der Waals surface area contributed by atoms with Gasteiger partial charge in [0.25, 0.3) is 0 Å². The minimum absolute atomic E-state index is 0.0450. The van der Waals surface area contributed by atoms with Crippen molar-refractivity contribution in [3.05, 3.63) is 34.6 Å². The van der Waals surface area contributed by atoms with Crippen LogP contribution in [0, 0.1) is 17.7 Å². The van der Waals surface area contributed by atoms with Gasteiger partial charge in [-0.1, -0.05) is 38.4 Å². The third-order valence-electron chi connectivity index (χ3n) is 3.64. The molecule has 1 fully saturated rings. The predicted molar refractivity (Wildman–Crippen MR) is 61.7 cm³/mol. The van der Waals surface area contributed by atoms with E-state index in [4.69, 9.17) is 11.6 Å². The topological polar surface area (TPSA) is 0 Å². The van der Waals surface area contributed by atoms with Crippen molar-refractivity contribution < 1.29 is 4.39 Å². The molecule has 0 spiro atoms. The molecule has 1 aromatic carbocycles. The van der Waals surface area contributed by atoms with E-state index in [0.29, 0.717) is 22.4 Å². The molecular formula is C13H16ClF. The van der Waals surface area contributed by atoms with E-state index in [1.54, 1.807) is 12.1 Å². The third-order valence-corrected chi connectivity index (χ3v) is 3.96. The third kappa shape index (κ3) is 1.67. The van der Waals surface area contributed by atoms with Crippen LogP contribution >= 0.6 is 11.6 Å². The van der Waals surface area contributed by atoms with Gasteiger partial charge in [-0.2, -0.15) is 0 Å². The van der Waals surface area contributed by atoms with E-state index < -0.39 is 0 Å². The first kappa shape index (κ1) is 10.9. The molecule has 1 aromatic rings. The van der Waals surface area contributed by atoms with E-state index in [2.05, 4.69) is 20.8 Å². The second-order valence-corrected chi connectivity index (χ2v) is 5.48. The summed E-state index contributed by atoms with van der Waals surface area (Å²) in [5.74, 6) is 0.991. The summed E-state index contributed by atoms with van der Waals surface area (Å²) in [7, 11) is 0. The Morgan fingerprint density at radius 1 is 1.47 bits per heavy atom. The zero-order valence-corrected chi connectivity index (χ0v) is 10.1. The van der Waals surface area contributed by atoms with Crippen LogP contribution in [0.4, 0.5) is 4.39 Å². The Morgan fingerprint density at radius 2 is 2.13 bits per heavy atom. The molecule has 0 nitrogen and oxygen atoms in total. The maximum atomic E-state index is 13.7. The molecule has 0 bridgehead atoms. The SMILES string of the molecule is CC(C)[C@H]1C[C@]1(C)c1c(F)cccc1Cl. The average Bonchev–Trinajstić information content (AvgIpc) is 2.78. The zero-order valence-electron chi connectivity index (χ0n) is 9.35. The van der Waals surface area contributed by atoms with Crippen LogP contribution in [0.2, 0.25) is 5.02 Å². The van der Waals surface area contributed by atoms with Crippen LogP contribution in [-0.2, 0) is 5.41 Å². The van der Waals surface area contributed by atoms with Gasteiger partial charge in [-0.25, -0.2) is 4.39 Å².